The van der Waals surface area contributed by atoms with Crippen LogP contribution in [0.2, 0.25) is 0 Å². The van der Waals surface area contributed by atoms with Gasteiger partial charge in [-0.3, -0.25) is 34.2 Å². The normalized spacial score (nSPS) is 18.8. The lowest BCUT2D eigenvalue weighted by molar-refractivity contribution is -0.139. The van der Waals surface area contributed by atoms with Crippen LogP contribution in [-0.4, -0.2) is 154 Å². The molecule has 0 radical (unpaired) electrons. The van der Waals surface area contributed by atoms with Gasteiger partial charge in [0, 0.05) is 87.6 Å². The number of hydrogen-bond donors (Lipinski definition) is 3. The number of fused-ring (bicyclic) bond motifs is 2. The summed E-state index contributed by atoms with van der Waals surface area (Å²) in [6.45, 7) is 6.42. The Kier molecular flexibility index (Phi) is 14.5. The van der Waals surface area contributed by atoms with Gasteiger partial charge in [0.15, 0.2) is 5.65 Å². The van der Waals surface area contributed by atoms with Gasteiger partial charge in [0.25, 0.3) is 5.91 Å². The summed E-state index contributed by atoms with van der Waals surface area (Å²) in [7, 11) is 0. The minimum Gasteiger partial charge on any atom is -0.457 e. The maximum Gasteiger partial charge on any atom is 0.255 e. The summed E-state index contributed by atoms with van der Waals surface area (Å²) in [5, 5.41) is 11.4. The number of para-hydroxylation sites is 1. The Labute approximate surface area is 393 Å². The zero-order chi connectivity index (χ0) is 47.0. The zero-order valence-corrected chi connectivity index (χ0v) is 38.0. The highest BCUT2D eigenvalue weighted by molar-refractivity contribution is 6.06. The van der Waals surface area contributed by atoms with E-state index < -0.39 is 11.9 Å². The maximum atomic E-state index is 13.6. The summed E-state index contributed by atoms with van der Waals surface area (Å²) in [5.74, 6) is 0.899. The molecule has 4 N–H and O–H groups in total. The van der Waals surface area contributed by atoms with E-state index in [9.17, 15) is 24.0 Å². The van der Waals surface area contributed by atoms with Crippen LogP contribution in [0.15, 0.2) is 79.1 Å². The van der Waals surface area contributed by atoms with E-state index in [1.807, 2.05) is 75.1 Å². The number of carbonyl (C=O) groups excluding carboxylic acids is 5. The SMILES string of the molecule is Nc1ncnc2c1c(-c1ccc(Oc3ccccc3)cc1)nn2[C@@H]1CCCN(C(=O)CCCN2CCN(C(=O)COCCOCCNc3cccc4c3CN(C3CCC(=O)NC3=O)C4=O)CC2)C1. The van der Waals surface area contributed by atoms with Crippen LogP contribution in [0.1, 0.15) is 60.5 Å². The minimum atomic E-state index is -0.667. The van der Waals surface area contributed by atoms with Gasteiger partial charge in [-0.1, -0.05) is 24.3 Å². The number of carbonyl (C=O) groups is 5. The number of nitrogen functional groups attached to an aromatic ring is 1. The van der Waals surface area contributed by atoms with E-state index in [2.05, 4.69) is 25.5 Å². The number of ether oxygens (including phenoxy) is 3. The molecule has 3 aromatic carbocycles. The van der Waals surface area contributed by atoms with Gasteiger partial charge in [0.05, 0.1) is 31.2 Å². The largest absolute Gasteiger partial charge is 0.457 e. The van der Waals surface area contributed by atoms with Crippen molar-refractivity contribution in [1.82, 2.24) is 44.7 Å². The first-order valence-corrected chi connectivity index (χ1v) is 23.5. The number of piperidine rings is 2. The Morgan fingerprint density at radius 1 is 0.824 bits per heavy atom. The number of imide groups is 1. The number of nitrogens with zero attached hydrogens (tertiary/aromatic N) is 8. The number of amides is 5. The number of aromatic nitrogens is 4. The number of likely N-dealkylation sites (tertiary alicyclic amines) is 1. The van der Waals surface area contributed by atoms with Gasteiger partial charge in [-0.25, -0.2) is 14.6 Å². The fourth-order valence-corrected chi connectivity index (χ4v) is 9.45. The first kappa shape index (κ1) is 46.2. The molecule has 3 fully saturated rings. The molecule has 356 valence electrons. The average Bonchev–Trinajstić information content (AvgIpc) is 3.92. The van der Waals surface area contributed by atoms with Crippen LogP contribution >= 0.6 is 0 Å². The Balaban J connectivity index is 0.656. The van der Waals surface area contributed by atoms with Crippen molar-refractivity contribution < 1.29 is 38.2 Å². The monoisotopic (exact) mass is 927 g/mol. The number of nitrogens with one attached hydrogen (secondary N) is 2. The Morgan fingerprint density at radius 3 is 2.43 bits per heavy atom. The highest BCUT2D eigenvalue weighted by Gasteiger charge is 2.40. The third-order valence-electron chi connectivity index (χ3n) is 13.1. The van der Waals surface area contributed by atoms with E-state index in [0.717, 1.165) is 61.5 Å². The van der Waals surface area contributed by atoms with E-state index >= 15 is 0 Å². The van der Waals surface area contributed by atoms with Gasteiger partial charge in [0.2, 0.25) is 23.6 Å². The minimum absolute atomic E-state index is 0.0194. The van der Waals surface area contributed by atoms with Crippen molar-refractivity contribution in [3.8, 4) is 22.8 Å². The molecule has 0 saturated carbocycles. The fraction of sp³-hybridized carbons (Fsp3) is 0.429. The van der Waals surface area contributed by atoms with Crippen LogP contribution < -0.4 is 21.1 Å². The topological polar surface area (TPSA) is 220 Å². The van der Waals surface area contributed by atoms with Crippen LogP contribution in [0.5, 0.6) is 11.5 Å². The summed E-state index contributed by atoms with van der Waals surface area (Å²) in [6, 6.07) is 22.0. The summed E-state index contributed by atoms with van der Waals surface area (Å²) in [5.41, 5.74) is 10.8. The molecule has 0 bridgehead atoms. The smallest absolute Gasteiger partial charge is 0.255 e. The van der Waals surface area contributed by atoms with E-state index in [-0.39, 0.29) is 55.8 Å². The molecule has 5 aromatic rings. The summed E-state index contributed by atoms with van der Waals surface area (Å²) in [4.78, 5) is 80.0. The molecule has 4 aliphatic heterocycles. The van der Waals surface area contributed by atoms with Crippen LogP contribution in [0.4, 0.5) is 11.5 Å². The molecule has 3 saturated heterocycles. The molecular formula is C49H57N11O8. The number of rotatable bonds is 18. The number of nitrogens with two attached hydrogens (primary N) is 1. The van der Waals surface area contributed by atoms with Crippen molar-refractivity contribution in [3.05, 3.63) is 90.3 Å². The summed E-state index contributed by atoms with van der Waals surface area (Å²) in [6.07, 6.45) is 4.85. The molecule has 1 unspecified atom stereocenters. The van der Waals surface area contributed by atoms with E-state index in [4.69, 9.17) is 25.0 Å². The van der Waals surface area contributed by atoms with Gasteiger partial charge in [-0.05, 0) is 80.8 Å². The highest BCUT2D eigenvalue weighted by Crippen LogP contribution is 2.36. The molecule has 19 nitrogen and oxygen atoms in total. The van der Waals surface area contributed by atoms with Crippen molar-refractivity contribution in [2.24, 2.45) is 0 Å². The van der Waals surface area contributed by atoms with Crippen LogP contribution in [0.25, 0.3) is 22.3 Å². The lowest BCUT2D eigenvalue weighted by atomic mass is 10.0. The van der Waals surface area contributed by atoms with Crippen LogP contribution in [0.3, 0.4) is 0 Å². The van der Waals surface area contributed by atoms with Gasteiger partial charge in [-0.15, -0.1) is 0 Å². The molecular weight excluding hydrogens is 871 g/mol. The van der Waals surface area contributed by atoms with Crippen LogP contribution in [-0.2, 0) is 35.2 Å². The molecule has 2 aromatic heterocycles. The van der Waals surface area contributed by atoms with Gasteiger partial charge >= 0.3 is 0 Å². The predicted molar refractivity (Wildman–Crippen MR) is 251 cm³/mol. The Hall–Kier alpha value is -6.96. The maximum absolute atomic E-state index is 13.6. The predicted octanol–water partition coefficient (Wildman–Crippen LogP) is 3.86. The molecule has 4 aliphatic rings. The lowest BCUT2D eigenvalue weighted by Crippen LogP contribution is -2.52. The molecule has 19 heteroatoms. The van der Waals surface area contributed by atoms with E-state index in [1.165, 1.54) is 11.2 Å². The van der Waals surface area contributed by atoms with E-state index in [0.29, 0.717) is 92.6 Å². The quantitative estimate of drug-likeness (QED) is 0.0840. The van der Waals surface area contributed by atoms with Crippen LogP contribution in [0, 0.1) is 0 Å². The average molecular weight is 928 g/mol. The first-order valence-electron chi connectivity index (χ1n) is 23.5. The van der Waals surface area contributed by atoms with Gasteiger partial charge in [-0.2, -0.15) is 5.10 Å². The third-order valence-corrected chi connectivity index (χ3v) is 13.1. The lowest BCUT2D eigenvalue weighted by Gasteiger charge is -2.35. The zero-order valence-electron chi connectivity index (χ0n) is 38.0. The second-order valence-electron chi connectivity index (χ2n) is 17.5. The molecule has 9 rings (SSSR count). The summed E-state index contributed by atoms with van der Waals surface area (Å²) < 4.78 is 19.3. The number of piperazine rings is 1. The number of anilines is 2. The summed E-state index contributed by atoms with van der Waals surface area (Å²) >= 11 is 0. The molecule has 68 heavy (non-hydrogen) atoms. The van der Waals surface area contributed by atoms with Crippen molar-refractivity contribution in [1.29, 1.82) is 0 Å². The first-order chi connectivity index (χ1) is 33.2. The standard InChI is InChI=1S/C49H57N11O8/c50-46-44-45(33-13-15-36(16-14-33)68-35-8-2-1-3-9-35)55-60(47(44)53-32-52-46)34-7-5-21-58(29-34)42(62)12-6-20-56-22-24-57(25-23-56)43(63)31-67-28-27-66-26-19-51-39-11-4-10-37-38(39)30-59(49(37)65)40-17-18-41(61)54-48(40)64/h1-4,8-11,13-16,32,34,40,51H,5-7,12,17-31H2,(H2,50,52,53)(H,54,61,64)/t34-,40?/m1/s1. The molecule has 6 heterocycles. The molecule has 0 aliphatic carbocycles. The van der Waals surface area contributed by atoms with Crippen molar-refractivity contribution >= 4 is 52.1 Å². The second kappa shape index (κ2) is 21.3. The second-order valence-corrected chi connectivity index (χ2v) is 17.5. The fourth-order valence-electron chi connectivity index (χ4n) is 9.45. The number of benzene rings is 3. The molecule has 0 spiro atoms. The Bertz CT molecular complexity index is 2620. The van der Waals surface area contributed by atoms with Gasteiger partial charge in [0.1, 0.15) is 42.0 Å². The Morgan fingerprint density at radius 2 is 1.62 bits per heavy atom. The van der Waals surface area contributed by atoms with Crippen molar-refractivity contribution in [3.63, 3.8) is 0 Å². The molecule has 5 amide bonds. The van der Waals surface area contributed by atoms with Crippen molar-refractivity contribution in [2.45, 2.75) is 57.2 Å². The highest BCUT2D eigenvalue weighted by atomic mass is 16.5. The van der Waals surface area contributed by atoms with E-state index in [1.54, 1.807) is 12.1 Å². The van der Waals surface area contributed by atoms with Gasteiger partial charge < -0.3 is 40.0 Å². The number of hydrogen-bond acceptors (Lipinski definition) is 14. The molecule has 2 atom stereocenters. The third kappa shape index (κ3) is 10.6. The van der Waals surface area contributed by atoms with Crippen molar-refractivity contribution in [2.75, 3.05) is 89.8 Å².